The summed E-state index contributed by atoms with van der Waals surface area (Å²) in [4.78, 5) is 0.0926. The minimum atomic E-state index is -3.63. The van der Waals surface area contributed by atoms with E-state index in [-0.39, 0.29) is 23.6 Å². The van der Waals surface area contributed by atoms with E-state index in [1.165, 1.54) is 18.2 Å². The molecule has 0 amide bonds. The molecule has 1 aliphatic carbocycles. The number of rotatable bonds is 6. The third kappa shape index (κ3) is 4.00. The highest BCUT2D eigenvalue weighted by atomic mass is 32.2. The first-order valence-electron chi connectivity index (χ1n) is 6.94. The Kier molecular flexibility index (Phi) is 5.32. The fourth-order valence-corrected chi connectivity index (χ4v) is 3.93. The quantitative estimate of drug-likeness (QED) is 0.832. The summed E-state index contributed by atoms with van der Waals surface area (Å²) in [6, 6.07) is 3.72. The highest BCUT2D eigenvalue weighted by Crippen LogP contribution is 2.23. The lowest BCUT2D eigenvalue weighted by molar-refractivity contribution is 0.107. The second-order valence-electron chi connectivity index (χ2n) is 5.27. The summed E-state index contributed by atoms with van der Waals surface area (Å²) in [6.45, 7) is 0.282. The number of methoxy groups -OCH3 is 1. The van der Waals surface area contributed by atoms with Crippen LogP contribution in [0.1, 0.15) is 24.8 Å². The molecule has 118 valence electrons. The maximum absolute atomic E-state index is 13.6. The van der Waals surface area contributed by atoms with E-state index >= 15 is 0 Å². The van der Waals surface area contributed by atoms with Gasteiger partial charge in [-0.3, -0.25) is 0 Å². The molecule has 5 nitrogen and oxygen atoms in total. The summed E-state index contributed by atoms with van der Waals surface area (Å²) < 4.78 is 46.2. The van der Waals surface area contributed by atoms with Crippen LogP contribution in [0, 0.1) is 5.82 Å². The standard InChI is InChI=1S/C14H21FN2O3S/c1-16-9-10-7-13(5-6-14(10)15)21(18,19)17-11-3-4-12(8-11)20-2/h5-7,11-12,16-17H,3-4,8-9H2,1-2H3. The lowest BCUT2D eigenvalue weighted by Gasteiger charge is -2.14. The van der Waals surface area contributed by atoms with Crippen molar-refractivity contribution in [3.8, 4) is 0 Å². The van der Waals surface area contributed by atoms with Gasteiger partial charge in [0, 0.05) is 25.3 Å². The third-order valence-electron chi connectivity index (χ3n) is 3.73. The molecule has 7 heteroatoms. The number of hydrogen-bond donors (Lipinski definition) is 2. The van der Waals surface area contributed by atoms with E-state index in [9.17, 15) is 12.8 Å². The van der Waals surface area contributed by atoms with Crippen molar-refractivity contribution in [2.24, 2.45) is 0 Å². The number of benzene rings is 1. The average molecular weight is 316 g/mol. The second kappa shape index (κ2) is 6.83. The maximum Gasteiger partial charge on any atom is 0.240 e. The Morgan fingerprint density at radius 3 is 2.76 bits per heavy atom. The molecule has 1 aromatic carbocycles. The van der Waals surface area contributed by atoms with Gasteiger partial charge in [-0.2, -0.15) is 0 Å². The van der Waals surface area contributed by atoms with Crippen molar-refractivity contribution in [1.82, 2.24) is 10.0 Å². The topological polar surface area (TPSA) is 67.4 Å². The van der Waals surface area contributed by atoms with Gasteiger partial charge in [0.1, 0.15) is 5.82 Å². The average Bonchev–Trinajstić information content (AvgIpc) is 2.88. The van der Waals surface area contributed by atoms with Crippen LogP contribution in [0.4, 0.5) is 4.39 Å². The molecule has 2 rings (SSSR count). The van der Waals surface area contributed by atoms with Crippen molar-refractivity contribution in [1.29, 1.82) is 0 Å². The first-order chi connectivity index (χ1) is 9.96. The molecule has 1 aromatic rings. The van der Waals surface area contributed by atoms with Gasteiger partial charge in [0.25, 0.3) is 0 Å². The van der Waals surface area contributed by atoms with Gasteiger partial charge < -0.3 is 10.1 Å². The third-order valence-corrected chi connectivity index (χ3v) is 5.25. The normalized spacial score (nSPS) is 22.6. The molecular formula is C14H21FN2O3S. The predicted octanol–water partition coefficient (Wildman–Crippen LogP) is 1.39. The van der Waals surface area contributed by atoms with Gasteiger partial charge in [-0.15, -0.1) is 0 Å². The SMILES string of the molecule is CNCc1cc(S(=O)(=O)NC2CCC(OC)C2)ccc1F. The largest absolute Gasteiger partial charge is 0.381 e. The summed E-state index contributed by atoms with van der Waals surface area (Å²) in [5, 5.41) is 2.82. The van der Waals surface area contributed by atoms with Gasteiger partial charge in [0.15, 0.2) is 0 Å². The molecule has 1 fully saturated rings. The highest BCUT2D eigenvalue weighted by molar-refractivity contribution is 7.89. The van der Waals surface area contributed by atoms with Crippen molar-refractivity contribution in [2.75, 3.05) is 14.2 Å². The van der Waals surface area contributed by atoms with E-state index in [0.717, 1.165) is 12.8 Å². The van der Waals surface area contributed by atoms with Crippen LogP contribution in [-0.4, -0.2) is 34.7 Å². The maximum atomic E-state index is 13.6. The summed E-state index contributed by atoms with van der Waals surface area (Å²) in [5.41, 5.74) is 0.335. The summed E-state index contributed by atoms with van der Waals surface area (Å²) in [7, 11) is -0.320. The molecule has 0 aromatic heterocycles. The van der Waals surface area contributed by atoms with Crippen molar-refractivity contribution in [3.05, 3.63) is 29.6 Å². The molecule has 0 bridgehead atoms. The molecule has 2 N–H and O–H groups in total. The minimum absolute atomic E-state index is 0.0926. The minimum Gasteiger partial charge on any atom is -0.381 e. The molecule has 0 saturated heterocycles. The molecule has 21 heavy (non-hydrogen) atoms. The van der Waals surface area contributed by atoms with E-state index in [2.05, 4.69) is 10.0 Å². The van der Waals surface area contributed by atoms with Crippen LogP contribution in [0.5, 0.6) is 0 Å². The number of ether oxygens (including phenoxy) is 1. The summed E-state index contributed by atoms with van der Waals surface area (Å²) in [6.07, 6.45) is 2.37. The lowest BCUT2D eigenvalue weighted by atomic mass is 10.2. The van der Waals surface area contributed by atoms with E-state index < -0.39 is 15.8 Å². The van der Waals surface area contributed by atoms with Crippen molar-refractivity contribution >= 4 is 10.0 Å². The Labute approximate surface area is 124 Å². The zero-order valence-electron chi connectivity index (χ0n) is 12.2. The van der Waals surface area contributed by atoms with E-state index in [4.69, 9.17) is 4.74 Å². The molecular weight excluding hydrogens is 295 g/mol. The Morgan fingerprint density at radius 1 is 1.38 bits per heavy atom. The van der Waals surface area contributed by atoms with Crippen LogP contribution >= 0.6 is 0 Å². The van der Waals surface area contributed by atoms with Crippen LogP contribution in [0.15, 0.2) is 23.1 Å². The lowest BCUT2D eigenvalue weighted by Crippen LogP contribution is -2.33. The zero-order chi connectivity index (χ0) is 15.5. The van der Waals surface area contributed by atoms with Gasteiger partial charge in [0.2, 0.25) is 10.0 Å². The first-order valence-corrected chi connectivity index (χ1v) is 8.42. The molecule has 0 heterocycles. The molecule has 0 aliphatic heterocycles. The van der Waals surface area contributed by atoms with Crippen molar-refractivity contribution in [2.45, 2.75) is 42.8 Å². The van der Waals surface area contributed by atoms with Crippen LogP contribution in [0.3, 0.4) is 0 Å². The highest BCUT2D eigenvalue weighted by Gasteiger charge is 2.28. The fourth-order valence-electron chi connectivity index (χ4n) is 2.59. The van der Waals surface area contributed by atoms with Gasteiger partial charge in [-0.25, -0.2) is 17.5 Å². The molecule has 1 aliphatic rings. The van der Waals surface area contributed by atoms with Gasteiger partial charge >= 0.3 is 0 Å². The Morgan fingerprint density at radius 2 is 2.14 bits per heavy atom. The Hall–Kier alpha value is -1.02. The van der Waals surface area contributed by atoms with Crippen LogP contribution < -0.4 is 10.0 Å². The number of nitrogens with one attached hydrogen (secondary N) is 2. The monoisotopic (exact) mass is 316 g/mol. The number of hydrogen-bond acceptors (Lipinski definition) is 4. The van der Waals surface area contributed by atoms with Gasteiger partial charge in [-0.1, -0.05) is 0 Å². The smallest absolute Gasteiger partial charge is 0.240 e. The van der Waals surface area contributed by atoms with Gasteiger partial charge in [0.05, 0.1) is 11.0 Å². The Balaban J connectivity index is 2.14. The summed E-state index contributed by atoms with van der Waals surface area (Å²) in [5.74, 6) is -0.413. The van der Waals surface area contributed by atoms with Crippen molar-refractivity contribution < 1.29 is 17.5 Å². The molecule has 2 atom stereocenters. The predicted molar refractivity (Wildman–Crippen MR) is 77.9 cm³/mol. The zero-order valence-corrected chi connectivity index (χ0v) is 13.0. The fraction of sp³-hybridized carbons (Fsp3) is 0.571. The van der Waals surface area contributed by atoms with E-state index in [1.807, 2.05) is 0 Å². The number of halogens is 1. The Bertz CT molecular complexity index is 592. The second-order valence-corrected chi connectivity index (χ2v) is 6.99. The van der Waals surface area contributed by atoms with E-state index in [0.29, 0.717) is 12.0 Å². The summed E-state index contributed by atoms with van der Waals surface area (Å²) >= 11 is 0. The van der Waals surface area contributed by atoms with Crippen LogP contribution in [-0.2, 0) is 21.3 Å². The molecule has 0 radical (unpaired) electrons. The van der Waals surface area contributed by atoms with Crippen molar-refractivity contribution in [3.63, 3.8) is 0 Å². The molecule has 0 spiro atoms. The van der Waals surface area contributed by atoms with E-state index in [1.54, 1.807) is 14.2 Å². The van der Waals surface area contributed by atoms with Crippen LogP contribution in [0.25, 0.3) is 0 Å². The van der Waals surface area contributed by atoms with Crippen LogP contribution in [0.2, 0.25) is 0 Å². The first kappa shape index (κ1) is 16.4. The molecule has 1 saturated carbocycles. The molecule has 2 unspecified atom stereocenters. The number of sulfonamides is 1. The van der Waals surface area contributed by atoms with Gasteiger partial charge in [-0.05, 0) is 44.5 Å².